The van der Waals surface area contributed by atoms with Gasteiger partial charge >= 0.3 is 6.18 Å². The lowest BCUT2D eigenvalue weighted by Gasteiger charge is -2.35. The quantitative estimate of drug-likeness (QED) is 0.276. The van der Waals surface area contributed by atoms with E-state index in [0.29, 0.717) is 54.6 Å². The molecule has 11 nitrogen and oxygen atoms in total. The Hall–Kier alpha value is -3.60. The number of thiophene rings is 1. The predicted molar refractivity (Wildman–Crippen MR) is 167 cm³/mol. The van der Waals surface area contributed by atoms with Crippen molar-refractivity contribution in [3.05, 3.63) is 53.5 Å². The van der Waals surface area contributed by atoms with E-state index in [2.05, 4.69) is 25.3 Å². The molecule has 0 saturated carbocycles. The summed E-state index contributed by atoms with van der Waals surface area (Å²) >= 11 is 1.17. The Morgan fingerprint density at radius 1 is 1.11 bits per heavy atom. The van der Waals surface area contributed by atoms with E-state index < -0.39 is 28.1 Å². The molecule has 0 bridgehead atoms. The van der Waals surface area contributed by atoms with Gasteiger partial charge in [-0.2, -0.15) is 17.5 Å². The lowest BCUT2D eigenvalue weighted by atomic mass is 10.1. The molecule has 5 heterocycles. The number of sulfonamides is 1. The number of likely N-dealkylation sites (tertiary alicyclic amines) is 1. The lowest BCUT2D eigenvalue weighted by Crippen LogP contribution is -2.50. The summed E-state index contributed by atoms with van der Waals surface area (Å²) in [5.41, 5.74) is 2.04. The number of nitrogens with zero attached hydrogens (tertiary/aromatic N) is 6. The number of amides is 1. The molecule has 2 aliphatic heterocycles. The van der Waals surface area contributed by atoms with Gasteiger partial charge in [0.2, 0.25) is 0 Å². The van der Waals surface area contributed by atoms with Crippen molar-refractivity contribution >= 4 is 44.0 Å². The minimum absolute atomic E-state index is 0.0393. The van der Waals surface area contributed by atoms with Gasteiger partial charge in [-0.05, 0) is 57.9 Å². The molecule has 46 heavy (non-hydrogen) atoms. The number of carbonyl (C=O) groups excluding carboxylic acids is 1. The summed E-state index contributed by atoms with van der Waals surface area (Å²) in [6, 6.07) is 6.28. The number of aryl methyl sites for hydroxylation is 1. The van der Waals surface area contributed by atoms with Crippen molar-refractivity contribution in [1.82, 2.24) is 29.2 Å². The number of fused-ring (bicyclic) bond motifs is 1. The number of halogens is 3. The van der Waals surface area contributed by atoms with Crippen molar-refractivity contribution in [2.45, 2.75) is 56.1 Å². The first-order valence-corrected chi connectivity index (χ1v) is 17.2. The van der Waals surface area contributed by atoms with Gasteiger partial charge in [-0.1, -0.05) is 11.2 Å². The molecule has 0 radical (unpaired) electrons. The number of alkyl halides is 3. The van der Waals surface area contributed by atoms with Crippen LogP contribution in [0.15, 0.2) is 45.4 Å². The van der Waals surface area contributed by atoms with Crippen molar-refractivity contribution in [2.75, 3.05) is 44.6 Å². The third kappa shape index (κ3) is 6.22. The standard InChI is InChI=1S/C30H34F3N7O4S2/c1-18(16-38-12-14-39(15-13-38)46(42,43)25-10-9-23(45-25)27-19(2)20(3)37-44-27)36-28-21-6-4-7-22(26(21)34-17-35-28)29(41)40-11-5-8-24(40)30(31,32)33/h4,6-7,9-10,17-18,24H,5,8,11-16H2,1-3H3,(H,34,35,36)/t18?,24-/m1/s1. The number of para-hydroxylation sites is 1. The maximum absolute atomic E-state index is 13.6. The third-order valence-electron chi connectivity index (χ3n) is 8.59. The molecular weight excluding hydrogens is 644 g/mol. The first-order valence-electron chi connectivity index (χ1n) is 15.0. The summed E-state index contributed by atoms with van der Waals surface area (Å²) in [5, 5.41) is 7.85. The number of benzene rings is 1. The molecule has 2 saturated heterocycles. The van der Waals surface area contributed by atoms with E-state index in [1.807, 2.05) is 20.8 Å². The highest BCUT2D eigenvalue weighted by Gasteiger charge is 2.48. The van der Waals surface area contributed by atoms with Crippen LogP contribution in [0.25, 0.3) is 21.5 Å². The van der Waals surface area contributed by atoms with Crippen molar-refractivity contribution in [3.63, 3.8) is 0 Å². The number of anilines is 1. The number of nitrogens with one attached hydrogen (secondary N) is 1. The fourth-order valence-electron chi connectivity index (χ4n) is 6.05. The van der Waals surface area contributed by atoms with Crippen molar-refractivity contribution < 1.29 is 30.9 Å². The van der Waals surface area contributed by atoms with E-state index in [1.54, 1.807) is 24.3 Å². The fourth-order valence-corrected chi connectivity index (χ4v) is 8.97. The SMILES string of the molecule is Cc1noc(-c2ccc(S(=O)(=O)N3CCN(CC(C)Nc4ncnc5c(C(=O)N6CCC[C@@H]6C(F)(F)F)cccc45)CC3)s2)c1C. The van der Waals surface area contributed by atoms with E-state index >= 15 is 0 Å². The normalized spacial score (nSPS) is 19.2. The van der Waals surface area contributed by atoms with Gasteiger partial charge in [0.15, 0.2) is 5.76 Å². The van der Waals surface area contributed by atoms with Crippen LogP contribution in [0.2, 0.25) is 0 Å². The smallest absolute Gasteiger partial charge is 0.366 e. The Morgan fingerprint density at radius 2 is 1.87 bits per heavy atom. The largest absolute Gasteiger partial charge is 0.408 e. The average Bonchev–Trinajstić information content (AvgIpc) is 3.78. The zero-order valence-corrected chi connectivity index (χ0v) is 27.2. The molecule has 1 N–H and O–H groups in total. The van der Waals surface area contributed by atoms with Crippen LogP contribution in [0, 0.1) is 13.8 Å². The highest BCUT2D eigenvalue weighted by molar-refractivity contribution is 7.91. The predicted octanol–water partition coefficient (Wildman–Crippen LogP) is 4.94. The van der Waals surface area contributed by atoms with Gasteiger partial charge in [-0.15, -0.1) is 11.3 Å². The second-order valence-electron chi connectivity index (χ2n) is 11.7. The number of hydrogen-bond acceptors (Lipinski definition) is 10. The zero-order valence-electron chi connectivity index (χ0n) is 25.5. The molecule has 1 unspecified atom stereocenters. The molecular formula is C30H34F3N7O4S2. The average molecular weight is 678 g/mol. The second kappa shape index (κ2) is 12.5. The number of piperazine rings is 1. The highest BCUT2D eigenvalue weighted by atomic mass is 32.2. The van der Waals surface area contributed by atoms with Crippen LogP contribution in [0.1, 0.15) is 41.4 Å². The summed E-state index contributed by atoms with van der Waals surface area (Å²) in [5.74, 6) is 0.349. The van der Waals surface area contributed by atoms with Gasteiger partial charge in [0.1, 0.15) is 22.4 Å². The highest BCUT2D eigenvalue weighted by Crippen LogP contribution is 2.36. The van der Waals surface area contributed by atoms with E-state index in [1.165, 1.54) is 28.0 Å². The molecule has 16 heteroatoms. The maximum atomic E-state index is 13.6. The molecule has 2 fully saturated rings. The zero-order chi connectivity index (χ0) is 32.8. The first-order chi connectivity index (χ1) is 21.8. The summed E-state index contributed by atoms with van der Waals surface area (Å²) < 4.78 is 74.6. The molecule has 2 aliphatic rings. The number of aromatic nitrogens is 3. The Kier molecular flexibility index (Phi) is 8.82. The second-order valence-corrected chi connectivity index (χ2v) is 15.0. The van der Waals surface area contributed by atoms with Crippen LogP contribution in [0.5, 0.6) is 0 Å². The maximum Gasteiger partial charge on any atom is 0.408 e. The number of rotatable bonds is 8. The Morgan fingerprint density at radius 3 is 2.57 bits per heavy atom. The third-order valence-corrected chi connectivity index (χ3v) is 12.0. The molecule has 0 aliphatic carbocycles. The van der Waals surface area contributed by atoms with Crippen LogP contribution in [-0.4, -0.2) is 101 Å². The van der Waals surface area contributed by atoms with Gasteiger partial charge in [0.25, 0.3) is 15.9 Å². The minimum atomic E-state index is -4.49. The van der Waals surface area contributed by atoms with E-state index in [4.69, 9.17) is 4.52 Å². The molecule has 6 rings (SSSR count). The number of carbonyl (C=O) groups is 1. The fraction of sp³-hybridized carbons (Fsp3) is 0.467. The van der Waals surface area contributed by atoms with Crippen LogP contribution < -0.4 is 5.32 Å². The van der Waals surface area contributed by atoms with Crippen LogP contribution in [0.3, 0.4) is 0 Å². The number of hydrogen-bond donors (Lipinski definition) is 1. The Labute approximate surface area is 268 Å². The van der Waals surface area contributed by atoms with Gasteiger partial charge < -0.3 is 14.7 Å². The minimum Gasteiger partial charge on any atom is -0.366 e. The van der Waals surface area contributed by atoms with E-state index in [-0.39, 0.29) is 40.7 Å². The lowest BCUT2D eigenvalue weighted by molar-refractivity contribution is -0.169. The van der Waals surface area contributed by atoms with Gasteiger partial charge in [-0.25, -0.2) is 18.4 Å². The van der Waals surface area contributed by atoms with Gasteiger partial charge in [0.05, 0.1) is 21.7 Å². The van der Waals surface area contributed by atoms with Crippen LogP contribution in [-0.2, 0) is 10.0 Å². The Balaban J connectivity index is 1.09. The van der Waals surface area contributed by atoms with Crippen molar-refractivity contribution in [1.29, 1.82) is 0 Å². The molecule has 4 aromatic rings. The summed E-state index contributed by atoms with van der Waals surface area (Å²) in [6.45, 7) is 8.05. The van der Waals surface area contributed by atoms with Gasteiger partial charge in [-0.3, -0.25) is 9.69 Å². The van der Waals surface area contributed by atoms with E-state index in [9.17, 15) is 26.4 Å². The van der Waals surface area contributed by atoms with Crippen LogP contribution in [0.4, 0.5) is 19.0 Å². The molecule has 246 valence electrons. The van der Waals surface area contributed by atoms with Crippen molar-refractivity contribution in [2.24, 2.45) is 0 Å². The molecule has 0 spiro atoms. The molecule has 1 aromatic carbocycles. The van der Waals surface area contributed by atoms with Crippen LogP contribution >= 0.6 is 11.3 Å². The molecule has 1 amide bonds. The summed E-state index contributed by atoms with van der Waals surface area (Å²) in [7, 11) is -3.67. The van der Waals surface area contributed by atoms with Crippen molar-refractivity contribution in [3.8, 4) is 10.6 Å². The molecule has 2 atom stereocenters. The topological polar surface area (TPSA) is 125 Å². The van der Waals surface area contributed by atoms with E-state index in [0.717, 1.165) is 16.2 Å². The Bertz CT molecular complexity index is 1850. The summed E-state index contributed by atoms with van der Waals surface area (Å²) in [6.07, 6.45) is -3.02. The summed E-state index contributed by atoms with van der Waals surface area (Å²) in [4.78, 5) is 25.7. The first kappa shape index (κ1) is 32.3. The monoisotopic (exact) mass is 677 g/mol. The molecule has 3 aromatic heterocycles. The van der Waals surface area contributed by atoms with Gasteiger partial charge in [0, 0.05) is 56.3 Å².